The minimum atomic E-state index is -0.456. The number of hydrazone groups is 1. The molecule has 0 amide bonds. The summed E-state index contributed by atoms with van der Waals surface area (Å²) in [6.07, 6.45) is 1.71. The van der Waals surface area contributed by atoms with E-state index in [-0.39, 0.29) is 5.88 Å². The van der Waals surface area contributed by atoms with Gasteiger partial charge in [0.05, 0.1) is 38.3 Å². The van der Waals surface area contributed by atoms with Crippen molar-refractivity contribution in [2.75, 3.05) is 76.1 Å². The minimum Gasteiger partial charge on any atom is -0.474 e. The van der Waals surface area contributed by atoms with E-state index in [9.17, 15) is 0 Å². The minimum absolute atomic E-state index is 0.0180. The SMILES string of the molecule is Cc1cccc(C=NNc2cc(N3CCOCC3)c(F)c(OCCN3CCOCC3)n2)c1. The molecule has 32 heavy (non-hydrogen) atoms. The molecule has 1 aromatic heterocycles. The predicted octanol–water partition coefficient (Wildman–Crippen LogP) is 2.52. The molecule has 0 radical (unpaired) electrons. The highest BCUT2D eigenvalue weighted by Gasteiger charge is 2.21. The van der Waals surface area contributed by atoms with E-state index in [0.29, 0.717) is 64.2 Å². The molecule has 0 aliphatic carbocycles. The number of hydrogen-bond acceptors (Lipinski definition) is 8. The van der Waals surface area contributed by atoms with Crippen molar-refractivity contribution in [3.05, 3.63) is 47.3 Å². The molecule has 8 nitrogen and oxygen atoms in total. The molecule has 2 aromatic rings. The lowest BCUT2D eigenvalue weighted by Gasteiger charge is -2.30. The Morgan fingerprint density at radius 3 is 2.62 bits per heavy atom. The normalized spacial score (nSPS) is 17.6. The molecular formula is C23H30FN5O3. The molecule has 4 rings (SSSR count). The van der Waals surface area contributed by atoms with Gasteiger partial charge in [-0.05, 0) is 12.5 Å². The summed E-state index contributed by atoms with van der Waals surface area (Å²) in [5.74, 6) is -0.0456. The zero-order chi connectivity index (χ0) is 22.2. The summed E-state index contributed by atoms with van der Waals surface area (Å²) in [7, 11) is 0. The number of anilines is 2. The fraction of sp³-hybridized carbons (Fsp3) is 0.478. The highest BCUT2D eigenvalue weighted by Crippen LogP contribution is 2.30. The van der Waals surface area contributed by atoms with Gasteiger partial charge >= 0.3 is 0 Å². The predicted molar refractivity (Wildman–Crippen MR) is 122 cm³/mol. The Morgan fingerprint density at radius 1 is 1.12 bits per heavy atom. The van der Waals surface area contributed by atoms with Crippen LogP contribution < -0.4 is 15.1 Å². The van der Waals surface area contributed by atoms with Crippen LogP contribution in [0.1, 0.15) is 11.1 Å². The summed E-state index contributed by atoms with van der Waals surface area (Å²) >= 11 is 0. The molecule has 2 saturated heterocycles. The number of hydrogen-bond donors (Lipinski definition) is 1. The third-order valence-corrected chi connectivity index (χ3v) is 5.44. The van der Waals surface area contributed by atoms with E-state index in [1.54, 1.807) is 12.3 Å². The van der Waals surface area contributed by atoms with Crippen LogP contribution in [0.3, 0.4) is 0 Å². The maximum atomic E-state index is 15.3. The van der Waals surface area contributed by atoms with Crippen molar-refractivity contribution in [2.24, 2.45) is 5.10 Å². The van der Waals surface area contributed by atoms with E-state index in [1.165, 1.54) is 0 Å². The highest BCUT2D eigenvalue weighted by molar-refractivity contribution is 5.80. The lowest BCUT2D eigenvalue weighted by molar-refractivity contribution is 0.0317. The molecule has 2 aliphatic rings. The van der Waals surface area contributed by atoms with Crippen molar-refractivity contribution in [3.8, 4) is 5.88 Å². The van der Waals surface area contributed by atoms with Crippen LogP contribution in [0.2, 0.25) is 0 Å². The Bertz CT molecular complexity index is 915. The summed E-state index contributed by atoms with van der Waals surface area (Å²) < 4.78 is 31.8. The van der Waals surface area contributed by atoms with Crippen LogP contribution in [-0.2, 0) is 9.47 Å². The first kappa shape index (κ1) is 22.4. The van der Waals surface area contributed by atoms with Crippen LogP contribution >= 0.6 is 0 Å². The summed E-state index contributed by atoms with van der Waals surface area (Å²) in [5.41, 5.74) is 5.49. The van der Waals surface area contributed by atoms with Crippen molar-refractivity contribution in [1.82, 2.24) is 9.88 Å². The molecule has 0 atom stereocenters. The number of ether oxygens (including phenoxy) is 3. The van der Waals surface area contributed by atoms with Crippen molar-refractivity contribution in [2.45, 2.75) is 6.92 Å². The van der Waals surface area contributed by atoms with Gasteiger partial charge in [0.15, 0.2) is 5.82 Å². The molecule has 0 spiro atoms. The average molecular weight is 444 g/mol. The second kappa shape index (κ2) is 11.2. The van der Waals surface area contributed by atoms with Crippen LogP contribution in [0.25, 0.3) is 0 Å². The Morgan fingerprint density at radius 2 is 1.88 bits per heavy atom. The number of halogens is 1. The van der Waals surface area contributed by atoms with Crippen LogP contribution in [0.5, 0.6) is 5.88 Å². The Labute approximate surface area is 188 Å². The molecule has 2 fully saturated rings. The van der Waals surface area contributed by atoms with Gasteiger partial charge in [0, 0.05) is 38.8 Å². The van der Waals surface area contributed by atoms with Crippen molar-refractivity contribution in [1.29, 1.82) is 0 Å². The van der Waals surface area contributed by atoms with E-state index in [4.69, 9.17) is 14.2 Å². The summed E-state index contributed by atoms with van der Waals surface area (Å²) in [4.78, 5) is 8.52. The Hall–Kier alpha value is -2.75. The molecular weight excluding hydrogens is 413 g/mol. The maximum absolute atomic E-state index is 15.3. The molecule has 3 heterocycles. The van der Waals surface area contributed by atoms with Gasteiger partial charge in [-0.1, -0.05) is 29.8 Å². The van der Waals surface area contributed by atoms with E-state index in [1.807, 2.05) is 36.1 Å². The number of pyridine rings is 1. The van der Waals surface area contributed by atoms with Crippen molar-refractivity contribution < 1.29 is 18.6 Å². The molecule has 1 N–H and O–H groups in total. The van der Waals surface area contributed by atoms with Gasteiger partial charge in [-0.2, -0.15) is 14.5 Å². The molecule has 0 bridgehead atoms. The van der Waals surface area contributed by atoms with Gasteiger partial charge in [-0.15, -0.1) is 0 Å². The standard InChI is InChI=1S/C23H30FN5O3/c1-18-3-2-4-19(15-18)17-25-27-21-16-20(29-8-12-31-13-9-29)22(24)23(26-21)32-14-7-28-5-10-30-11-6-28/h2-4,15-17H,5-14H2,1H3,(H,26,27). The highest BCUT2D eigenvalue weighted by atomic mass is 19.1. The van der Waals surface area contributed by atoms with Gasteiger partial charge in [0.2, 0.25) is 5.82 Å². The number of nitrogens with one attached hydrogen (secondary N) is 1. The van der Waals surface area contributed by atoms with Crippen LogP contribution in [0, 0.1) is 12.7 Å². The van der Waals surface area contributed by atoms with Crippen molar-refractivity contribution >= 4 is 17.7 Å². The summed E-state index contributed by atoms with van der Waals surface area (Å²) in [6.45, 7) is 8.55. The summed E-state index contributed by atoms with van der Waals surface area (Å²) in [6, 6.07) is 9.67. The van der Waals surface area contributed by atoms with Crippen LogP contribution in [0.15, 0.2) is 35.4 Å². The van der Waals surface area contributed by atoms with Gasteiger partial charge in [-0.25, -0.2) is 0 Å². The van der Waals surface area contributed by atoms with E-state index >= 15 is 4.39 Å². The fourth-order valence-electron chi connectivity index (χ4n) is 3.70. The van der Waals surface area contributed by atoms with Crippen LogP contribution in [-0.4, -0.2) is 81.9 Å². The van der Waals surface area contributed by atoms with Crippen LogP contribution in [0.4, 0.5) is 15.9 Å². The molecule has 2 aliphatic heterocycles. The average Bonchev–Trinajstić information content (AvgIpc) is 2.82. The molecule has 9 heteroatoms. The summed E-state index contributed by atoms with van der Waals surface area (Å²) in [5, 5.41) is 4.28. The number of rotatable bonds is 8. The number of aryl methyl sites for hydroxylation is 1. The second-order valence-electron chi connectivity index (χ2n) is 7.83. The fourth-order valence-corrected chi connectivity index (χ4v) is 3.70. The first-order valence-corrected chi connectivity index (χ1v) is 11.0. The van der Waals surface area contributed by atoms with Gasteiger partial charge in [0.25, 0.3) is 5.88 Å². The third-order valence-electron chi connectivity index (χ3n) is 5.44. The zero-order valence-corrected chi connectivity index (χ0v) is 18.4. The maximum Gasteiger partial charge on any atom is 0.254 e. The molecule has 0 unspecified atom stereocenters. The van der Waals surface area contributed by atoms with Gasteiger partial charge in [-0.3, -0.25) is 10.3 Å². The van der Waals surface area contributed by atoms with E-state index in [0.717, 1.165) is 24.2 Å². The lowest BCUT2D eigenvalue weighted by Crippen LogP contribution is -2.39. The van der Waals surface area contributed by atoms with Gasteiger partial charge in [0.1, 0.15) is 6.61 Å². The zero-order valence-electron chi connectivity index (χ0n) is 18.4. The third kappa shape index (κ3) is 6.15. The molecule has 172 valence electrons. The number of nitrogens with zero attached hydrogens (tertiary/aromatic N) is 4. The Balaban J connectivity index is 1.48. The Kier molecular flexibility index (Phi) is 7.87. The quantitative estimate of drug-likeness (QED) is 0.497. The second-order valence-corrected chi connectivity index (χ2v) is 7.83. The largest absolute Gasteiger partial charge is 0.474 e. The topological polar surface area (TPSA) is 71.5 Å². The first-order chi connectivity index (χ1) is 15.7. The number of aromatic nitrogens is 1. The van der Waals surface area contributed by atoms with Gasteiger partial charge < -0.3 is 19.1 Å². The number of morpholine rings is 2. The first-order valence-electron chi connectivity index (χ1n) is 11.0. The van der Waals surface area contributed by atoms with E-state index < -0.39 is 5.82 Å². The number of benzene rings is 1. The lowest BCUT2D eigenvalue weighted by atomic mass is 10.2. The molecule has 1 aromatic carbocycles. The van der Waals surface area contributed by atoms with Crippen molar-refractivity contribution in [3.63, 3.8) is 0 Å². The molecule has 0 saturated carbocycles. The van der Waals surface area contributed by atoms with E-state index in [2.05, 4.69) is 20.4 Å². The smallest absolute Gasteiger partial charge is 0.254 e. The monoisotopic (exact) mass is 443 g/mol.